The van der Waals surface area contributed by atoms with Gasteiger partial charge in [-0.15, -0.1) is 0 Å². The van der Waals surface area contributed by atoms with Gasteiger partial charge in [-0.25, -0.2) is 5.14 Å². The molecule has 86 valence electrons. The van der Waals surface area contributed by atoms with Crippen LogP contribution in [-0.4, -0.2) is 33.0 Å². The lowest BCUT2D eigenvalue weighted by atomic mass is 10.1. The number of hydrogen-bond acceptors (Lipinski definition) is 3. The lowest BCUT2D eigenvalue weighted by Crippen LogP contribution is -2.30. The third kappa shape index (κ3) is 11.8. The number of piperidine rings is 1. The van der Waals surface area contributed by atoms with E-state index >= 15 is 0 Å². The SMILES string of the molecule is CCCN1CCCCC1.NS(=O)(=O)F. The number of nitrogens with two attached hydrogens (primary N) is 1. The fourth-order valence-electron chi connectivity index (χ4n) is 1.50. The first-order valence-electron chi connectivity index (χ1n) is 4.88. The maximum absolute atomic E-state index is 10.4. The fourth-order valence-corrected chi connectivity index (χ4v) is 1.50. The molecule has 1 rings (SSSR count). The van der Waals surface area contributed by atoms with E-state index < -0.39 is 10.4 Å². The molecule has 0 bridgehead atoms. The molecular weight excluding hydrogens is 207 g/mol. The van der Waals surface area contributed by atoms with Crippen molar-refractivity contribution in [1.29, 1.82) is 0 Å². The van der Waals surface area contributed by atoms with E-state index in [1.165, 1.54) is 45.3 Å². The van der Waals surface area contributed by atoms with Crippen LogP contribution in [0.4, 0.5) is 3.89 Å². The van der Waals surface area contributed by atoms with Crippen LogP contribution in [0.2, 0.25) is 0 Å². The first kappa shape index (κ1) is 13.8. The van der Waals surface area contributed by atoms with Gasteiger partial charge in [-0.2, -0.15) is 8.42 Å². The minimum absolute atomic E-state index is 1.32. The van der Waals surface area contributed by atoms with Crippen molar-refractivity contribution < 1.29 is 12.3 Å². The van der Waals surface area contributed by atoms with Crippen LogP contribution in [0, 0.1) is 0 Å². The Balaban J connectivity index is 0.000000292. The van der Waals surface area contributed by atoms with Gasteiger partial charge in [-0.05, 0) is 38.9 Å². The first-order chi connectivity index (χ1) is 6.43. The van der Waals surface area contributed by atoms with Crippen molar-refractivity contribution in [2.24, 2.45) is 5.14 Å². The topological polar surface area (TPSA) is 63.4 Å². The summed E-state index contributed by atoms with van der Waals surface area (Å²) in [6, 6.07) is 0. The molecule has 1 heterocycles. The monoisotopic (exact) mass is 226 g/mol. The van der Waals surface area contributed by atoms with Gasteiger partial charge in [0, 0.05) is 0 Å². The Morgan fingerprint density at radius 2 is 1.71 bits per heavy atom. The maximum atomic E-state index is 10.4. The van der Waals surface area contributed by atoms with Gasteiger partial charge in [0.2, 0.25) is 0 Å². The van der Waals surface area contributed by atoms with Crippen LogP contribution in [0.25, 0.3) is 0 Å². The highest BCUT2D eigenvalue weighted by atomic mass is 32.3. The number of nitrogens with zero attached hydrogens (tertiary/aromatic N) is 1. The van der Waals surface area contributed by atoms with E-state index in [1.54, 1.807) is 0 Å². The second-order valence-corrected chi connectivity index (χ2v) is 4.33. The summed E-state index contributed by atoms with van der Waals surface area (Å²) in [5, 5.41) is 3.66. The predicted octanol–water partition coefficient (Wildman–Crippen LogP) is 1.04. The van der Waals surface area contributed by atoms with Gasteiger partial charge in [-0.1, -0.05) is 17.2 Å². The number of likely N-dealkylation sites (tertiary alicyclic amines) is 1. The number of halogens is 1. The molecule has 0 aromatic rings. The van der Waals surface area contributed by atoms with E-state index in [2.05, 4.69) is 17.0 Å². The van der Waals surface area contributed by atoms with E-state index in [4.69, 9.17) is 8.42 Å². The van der Waals surface area contributed by atoms with Crippen molar-refractivity contribution in [2.75, 3.05) is 19.6 Å². The smallest absolute Gasteiger partial charge is 0.303 e. The molecule has 1 aliphatic heterocycles. The molecule has 0 radical (unpaired) electrons. The first-order valence-corrected chi connectivity index (χ1v) is 6.33. The van der Waals surface area contributed by atoms with E-state index in [1.807, 2.05) is 0 Å². The lowest BCUT2D eigenvalue weighted by Gasteiger charge is -2.25. The van der Waals surface area contributed by atoms with Crippen LogP contribution in [0.1, 0.15) is 32.6 Å². The average molecular weight is 226 g/mol. The van der Waals surface area contributed by atoms with Crippen molar-refractivity contribution in [3.05, 3.63) is 0 Å². The highest BCUT2D eigenvalue weighted by Crippen LogP contribution is 2.07. The van der Waals surface area contributed by atoms with Crippen LogP contribution < -0.4 is 5.14 Å². The molecule has 6 heteroatoms. The lowest BCUT2D eigenvalue weighted by molar-refractivity contribution is 0.229. The largest absolute Gasteiger partial charge is 0.369 e. The molecule has 0 spiro atoms. The van der Waals surface area contributed by atoms with Crippen molar-refractivity contribution in [2.45, 2.75) is 32.6 Å². The molecule has 2 N–H and O–H groups in total. The van der Waals surface area contributed by atoms with Gasteiger partial charge in [0.1, 0.15) is 0 Å². The summed E-state index contributed by atoms with van der Waals surface area (Å²) < 4.78 is 27.9. The second kappa shape index (κ2) is 7.14. The van der Waals surface area contributed by atoms with Crippen molar-refractivity contribution in [3.8, 4) is 0 Å². The molecule has 0 saturated carbocycles. The molecule has 1 saturated heterocycles. The Hall–Kier alpha value is -0.200. The molecule has 0 atom stereocenters. The van der Waals surface area contributed by atoms with Crippen LogP contribution >= 0.6 is 0 Å². The van der Waals surface area contributed by atoms with Gasteiger partial charge in [-0.3, -0.25) is 0 Å². The van der Waals surface area contributed by atoms with Gasteiger partial charge in [0.05, 0.1) is 0 Å². The number of rotatable bonds is 2. The Bertz CT molecular complexity index is 215. The molecule has 0 amide bonds. The fraction of sp³-hybridized carbons (Fsp3) is 1.00. The third-order valence-electron chi connectivity index (χ3n) is 1.99. The minimum Gasteiger partial charge on any atom is -0.303 e. The maximum Gasteiger partial charge on any atom is 0.369 e. The summed E-state index contributed by atoms with van der Waals surface area (Å²) in [7, 11) is -4.67. The highest BCUT2D eigenvalue weighted by molar-refractivity contribution is 7.83. The zero-order valence-electron chi connectivity index (χ0n) is 8.58. The summed E-state index contributed by atoms with van der Waals surface area (Å²) in [5.74, 6) is 0. The van der Waals surface area contributed by atoms with Gasteiger partial charge in [0.25, 0.3) is 0 Å². The van der Waals surface area contributed by atoms with Gasteiger partial charge in [0.15, 0.2) is 0 Å². The molecular formula is C8H19FN2O2S. The average Bonchev–Trinajstić information content (AvgIpc) is 2.03. The van der Waals surface area contributed by atoms with Crippen molar-refractivity contribution in [1.82, 2.24) is 4.90 Å². The second-order valence-electron chi connectivity index (χ2n) is 3.38. The molecule has 1 fully saturated rings. The van der Waals surface area contributed by atoms with Crippen LogP contribution in [-0.2, 0) is 10.4 Å². The van der Waals surface area contributed by atoms with Gasteiger partial charge < -0.3 is 4.90 Å². The Morgan fingerprint density at radius 3 is 2.07 bits per heavy atom. The molecule has 0 aliphatic carbocycles. The van der Waals surface area contributed by atoms with Crippen LogP contribution in [0.15, 0.2) is 0 Å². The van der Waals surface area contributed by atoms with Gasteiger partial charge >= 0.3 is 10.4 Å². The Kier molecular flexibility index (Phi) is 7.04. The molecule has 14 heavy (non-hydrogen) atoms. The molecule has 0 aromatic heterocycles. The Morgan fingerprint density at radius 1 is 1.29 bits per heavy atom. The minimum atomic E-state index is -4.67. The van der Waals surface area contributed by atoms with E-state index in [0.717, 1.165) is 0 Å². The summed E-state index contributed by atoms with van der Waals surface area (Å²) >= 11 is 0. The molecule has 1 aliphatic rings. The summed E-state index contributed by atoms with van der Waals surface area (Å²) in [4.78, 5) is 2.57. The van der Waals surface area contributed by atoms with Crippen LogP contribution in [0.3, 0.4) is 0 Å². The summed E-state index contributed by atoms with van der Waals surface area (Å²) in [6.07, 6.45) is 5.64. The molecule has 4 nitrogen and oxygen atoms in total. The standard InChI is InChI=1S/C8H17N.FH2NO2S/c1-2-6-9-7-4-3-5-8-9;1-5(2,3)4/h2-8H2,1H3;(H2,2,3,4). The summed E-state index contributed by atoms with van der Waals surface area (Å²) in [5.41, 5.74) is 0. The normalized spacial score (nSPS) is 18.5. The van der Waals surface area contributed by atoms with E-state index in [9.17, 15) is 3.89 Å². The quantitative estimate of drug-likeness (QED) is 0.716. The van der Waals surface area contributed by atoms with Crippen LogP contribution in [0.5, 0.6) is 0 Å². The Labute approximate surface area is 85.6 Å². The third-order valence-corrected chi connectivity index (χ3v) is 1.99. The van der Waals surface area contributed by atoms with Crippen molar-refractivity contribution >= 4 is 10.4 Å². The van der Waals surface area contributed by atoms with E-state index in [-0.39, 0.29) is 0 Å². The zero-order valence-corrected chi connectivity index (χ0v) is 9.39. The summed E-state index contributed by atoms with van der Waals surface area (Å²) in [6.45, 7) is 6.29. The predicted molar refractivity (Wildman–Crippen MR) is 54.8 cm³/mol. The number of hydrogen-bond donors (Lipinski definition) is 1. The molecule has 0 unspecified atom stereocenters. The van der Waals surface area contributed by atoms with Crippen molar-refractivity contribution in [3.63, 3.8) is 0 Å². The highest BCUT2D eigenvalue weighted by Gasteiger charge is 2.07. The molecule has 0 aromatic carbocycles. The van der Waals surface area contributed by atoms with E-state index in [0.29, 0.717) is 0 Å². The zero-order chi connectivity index (χ0) is 11.0.